The molecule has 3 rings (SSSR count). The maximum Gasteiger partial charge on any atom is 0.280 e. The maximum absolute atomic E-state index is 12.6. The third kappa shape index (κ3) is 1.68. The van der Waals surface area contributed by atoms with E-state index >= 15 is 0 Å². The molecule has 1 aromatic carbocycles. The van der Waals surface area contributed by atoms with E-state index in [4.69, 9.17) is 0 Å². The molecule has 0 aliphatic carbocycles. The summed E-state index contributed by atoms with van der Waals surface area (Å²) in [6.45, 7) is 4.71. The molecule has 0 aliphatic heterocycles. The van der Waals surface area contributed by atoms with Crippen LogP contribution in [0, 0.1) is 6.92 Å². The van der Waals surface area contributed by atoms with Crippen LogP contribution in [0.5, 0.6) is 0 Å². The molecule has 19 heavy (non-hydrogen) atoms. The third-order valence-electron chi connectivity index (χ3n) is 3.33. The van der Waals surface area contributed by atoms with Gasteiger partial charge in [0.05, 0.1) is 10.9 Å². The minimum absolute atomic E-state index is 0.0146. The van der Waals surface area contributed by atoms with Crippen molar-refractivity contribution >= 4 is 10.9 Å². The minimum Gasteiger partial charge on any atom is -0.276 e. The zero-order chi connectivity index (χ0) is 13.4. The predicted octanol–water partition coefficient (Wildman–Crippen LogP) is 2.52. The number of aromatic nitrogens is 3. The van der Waals surface area contributed by atoms with Gasteiger partial charge in [0.15, 0.2) is 5.82 Å². The number of nitrogens with zero attached hydrogens (tertiary/aromatic N) is 3. The van der Waals surface area contributed by atoms with Crippen molar-refractivity contribution in [1.29, 1.82) is 0 Å². The van der Waals surface area contributed by atoms with Crippen molar-refractivity contribution in [1.82, 2.24) is 14.3 Å². The van der Waals surface area contributed by atoms with E-state index in [1.54, 1.807) is 10.9 Å². The fraction of sp³-hybridized carbons (Fsp3) is 0.200. The van der Waals surface area contributed by atoms with Gasteiger partial charge in [0.25, 0.3) is 5.56 Å². The number of hydrogen-bond donors (Lipinski definition) is 0. The van der Waals surface area contributed by atoms with Gasteiger partial charge in [0, 0.05) is 12.7 Å². The first-order valence-corrected chi connectivity index (χ1v) is 6.36. The quantitative estimate of drug-likeness (QED) is 0.704. The summed E-state index contributed by atoms with van der Waals surface area (Å²) in [5, 5.41) is 0.731. The number of rotatable bonds is 2. The Bertz CT molecular complexity index is 799. The van der Waals surface area contributed by atoms with Crippen molar-refractivity contribution in [3.8, 4) is 5.82 Å². The van der Waals surface area contributed by atoms with Crippen LogP contribution in [0.1, 0.15) is 12.5 Å². The van der Waals surface area contributed by atoms with Crippen LogP contribution in [0.2, 0.25) is 0 Å². The number of pyridine rings is 1. The van der Waals surface area contributed by atoms with Crippen molar-refractivity contribution in [2.24, 2.45) is 0 Å². The van der Waals surface area contributed by atoms with E-state index in [1.807, 2.05) is 54.9 Å². The molecule has 96 valence electrons. The van der Waals surface area contributed by atoms with Crippen molar-refractivity contribution in [3.05, 3.63) is 58.5 Å². The number of hydrogen-bond acceptors (Lipinski definition) is 2. The van der Waals surface area contributed by atoms with Crippen molar-refractivity contribution in [2.75, 3.05) is 0 Å². The maximum atomic E-state index is 12.6. The first-order chi connectivity index (χ1) is 9.24. The summed E-state index contributed by atoms with van der Waals surface area (Å²) in [4.78, 5) is 16.9. The van der Waals surface area contributed by atoms with Gasteiger partial charge in [-0.3, -0.25) is 9.48 Å². The molecule has 0 N–H and O–H groups in total. The van der Waals surface area contributed by atoms with Crippen LogP contribution in [-0.2, 0) is 6.54 Å². The van der Waals surface area contributed by atoms with Crippen molar-refractivity contribution in [3.63, 3.8) is 0 Å². The minimum atomic E-state index is -0.0146. The molecule has 0 saturated carbocycles. The Labute approximate surface area is 110 Å². The smallest absolute Gasteiger partial charge is 0.276 e. The Hall–Kier alpha value is -2.36. The van der Waals surface area contributed by atoms with Gasteiger partial charge in [-0.1, -0.05) is 18.2 Å². The number of aryl methyl sites for hydroxylation is 2. The van der Waals surface area contributed by atoms with Crippen molar-refractivity contribution < 1.29 is 0 Å². The highest BCUT2D eigenvalue weighted by atomic mass is 16.1. The topological polar surface area (TPSA) is 39.8 Å². The second-order valence-corrected chi connectivity index (χ2v) is 4.49. The normalized spacial score (nSPS) is 11.1. The fourth-order valence-electron chi connectivity index (χ4n) is 2.43. The first kappa shape index (κ1) is 11.7. The summed E-state index contributed by atoms with van der Waals surface area (Å²) in [6, 6.07) is 11.5. The molecule has 0 radical (unpaired) electrons. The lowest BCUT2D eigenvalue weighted by atomic mass is 10.2. The van der Waals surface area contributed by atoms with Crippen LogP contribution < -0.4 is 5.56 Å². The Morgan fingerprint density at radius 1 is 1.16 bits per heavy atom. The van der Waals surface area contributed by atoms with Crippen LogP contribution in [-0.4, -0.2) is 14.3 Å². The number of fused-ring (bicyclic) bond motifs is 1. The van der Waals surface area contributed by atoms with Gasteiger partial charge in [-0.05, 0) is 37.6 Å². The summed E-state index contributed by atoms with van der Waals surface area (Å²) in [6.07, 6.45) is 1.71. The fourth-order valence-corrected chi connectivity index (χ4v) is 2.43. The van der Waals surface area contributed by atoms with E-state index in [1.165, 1.54) is 0 Å². The summed E-state index contributed by atoms with van der Waals surface area (Å²) >= 11 is 0. The third-order valence-corrected chi connectivity index (χ3v) is 3.33. The molecule has 0 fully saturated rings. The van der Waals surface area contributed by atoms with Crippen LogP contribution in [0.25, 0.3) is 16.7 Å². The largest absolute Gasteiger partial charge is 0.280 e. The Morgan fingerprint density at radius 3 is 2.68 bits per heavy atom. The molecule has 0 aliphatic rings. The van der Waals surface area contributed by atoms with E-state index in [0.29, 0.717) is 5.82 Å². The zero-order valence-electron chi connectivity index (χ0n) is 11.0. The van der Waals surface area contributed by atoms with Gasteiger partial charge in [0.1, 0.15) is 0 Å². The van der Waals surface area contributed by atoms with E-state index < -0.39 is 0 Å². The summed E-state index contributed by atoms with van der Waals surface area (Å²) in [5.74, 6) is 0.700. The van der Waals surface area contributed by atoms with Crippen molar-refractivity contribution in [2.45, 2.75) is 20.4 Å². The van der Waals surface area contributed by atoms with Crippen LogP contribution in [0.3, 0.4) is 0 Å². The number of benzene rings is 1. The lowest BCUT2D eigenvalue weighted by Gasteiger charge is -2.11. The Balaban J connectivity index is 2.45. The van der Waals surface area contributed by atoms with Crippen LogP contribution in [0.4, 0.5) is 0 Å². The van der Waals surface area contributed by atoms with Gasteiger partial charge >= 0.3 is 0 Å². The second-order valence-electron chi connectivity index (χ2n) is 4.49. The van der Waals surface area contributed by atoms with Crippen LogP contribution in [0.15, 0.2) is 47.4 Å². The first-order valence-electron chi connectivity index (χ1n) is 6.36. The molecule has 4 nitrogen and oxygen atoms in total. The summed E-state index contributed by atoms with van der Waals surface area (Å²) in [7, 11) is 0. The Kier molecular flexibility index (Phi) is 2.71. The highest BCUT2D eigenvalue weighted by Crippen LogP contribution is 2.15. The monoisotopic (exact) mass is 253 g/mol. The van der Waals surface area contributed by atoms with Gasteiger partial charge < -0.3 is 0 Å². The Morgan fingerprint density at radius 2 is 1.95 bits per heavy atom. The highest BCUT2D eigenvalue weighted by Gasteiger charge is 2.14. The summed E-state index contributed by atoms with van der Waals surface area (Å²) < 4.78 is 3.63. The van der Waals surface area contributed by atoms with E-state index in [-0.39, 0.29) is 5.56 Å². The standard InChI is InChI=1S/C15H15N3O/c1-3-17-13-9-5-4-8-12(13)15(19)18(17)14-11(2)7-6-10-16-14/h4-10H,3H2,1-2H3. The highest BCUT2D eigenvalue weighted by molar-refractivity contribution is 5.79. The van der Waals surface area contributed by atoms with E-state index in [0.717, 1.165) is 23.0 Å². The lowest BCUT2D eigenvalue weighted by molar-refractivity contribution is 0.582. The zero-order valence-corrected chi connectivity index (χ0v) is 11.0. The van der Waals surface area contributed by atoms with Gasteiger partial charge in [-0.25, -0.2) is 4.98 Å². The predicted molar refractivity (Wildman–Crippen MR) is 75.7 cm³/mol. The molecule has 0 unspecified atom stereocenters. The molecule has 0 atom stereocenters. The average Bonchev–Trinajstić information content (AvgIpc) is 2.73. The second kappa shape index (κ2) is 4.39. The molecule has 2 aromatic heterocycles. The van der Waals surface area contributed by atoms with Crippen LogP contribution >= 0.6 is 0 Å². The molecule has 0 saturated heterocycles. The molecule has 2 heterocycles. The SMILES string of the molecule is CCn1c2ccccc2c(=O)n1-c1ncccc1C. The van der Waals surface area contributed by atoms with E-state index in [2.05, 4.69) is 4.98 Å². The van der Waals surface area contributed by atoms with Gasteiger partial charge in [-0.15, -0.1) is 0 Å². The number of para-hydroxylation sites is 1. The molecule has 4 heteroatoms. The molecular formula is C15H15N3O. The molecular weight excluding hydrogens is 238 g/mol. The molecule has 3 aromatic rings. The molecule has 0 amide bonds. The summed E-state index contributed by atoms with van der Waals surface area (Å²) in [5.41, 5.74) is 1.92. The lowest BCUT2D eigenvalue weighted by Crippen LogP contribution is -2.22. The van der Waals surface area contributed by atoms with Gasteiger partial charge in [-0.2, -0.15) is 4.68 Å². The molecule has 0 spiro atoms. The van der Waals surface area contributed by atoms with E-state index in [9.17, 15) is 4.79 Å². The average molecular weight is 253 g/mol. The molecule has 0 bridgehead atoms. The van der Waals surface area contributed by atoms with Gasteiger partial charge in [0.2, 0.25) is 0 Å².